The summed E-state index contributed by atoms with van der Waals surface area (Å²) >= 11 is 6.14. The van der Waals surface area contributed by atoms with E-state index in [1.165, 1.54) is 48.5 Å². The van der Waals surface area contributed by atoms with Crippen molar-refractivity contribution >= 4 is 40.1 Å². The molecule has 1 fully saturated rings. The number of nitrogens with zero attached hydrogens (tertiary/aromatic N) is 2. The average Bonchev–Trinajstić information content (AvgIpc) is 3.24. The fourth-order valence-electron chi connectivity index (χ4n) is 3.54. The normalized spacial score (nSPS) is 15.5. The van der Waals surface area contributed by atoms with Crippen molar-refractivity contribution in [1.29, 1.82) is 0 Å². The lowest BCUT2D eigenvalue weighted by molar-refractivity contribution is 0.0997. The second-order valence-electron chi connectivity index (χ2n) is 7.40. The number of rotatable bonds is 5. The van der Waals surface area contributed by atoms with Crippen molar-refractivity contribution in [3.05, 3.63) is 52.9 Å². The van der Waals surface area contributed by atoms with Crippen LogP contribution in [0, 0.1) is 5.82 Å². The lowest BCUT2D eigenvalue weighted by Crippen LogP contribution is -2.33. The average molecular weight is 475 g/mol. The zero-order valence-corrected chi connectivity index (χ0v) is 18.2. The Balaban J connectivity index is 1.63. The molecule has 2 aromatic carbocycles. The zero-order chi connectivity index (χ0) is 23.7. The van der Waals surface area contributed by atoms with E-state index >= 15 is 0 Å². The molecule has 0 aliphatic carbocycles. The molecule has 4 rings (SSSR count). The van der Waals surface area contributed by atoms with Gasteiger partial charge in [-0.3, -0.25) is 9.78 Å². The molecule has 0 radical (unpaired) electrons. The number of amides is 3. The van der Waals surface area contributed by atoms with Gasteiger partial charge in [0.05, 0.1) is 30.0 Å². The highest BCUT2D eigenvalue weighted by Gasteiger charge is 2.26. The Bertz CT molecular complexity index is 1260. The third kappa shape index (κ3) is 4.48. The number of primary amides is 1. The first-order valence-corrected chi connectivity index (χ1v) is 10.3. The second-order valence-corrected chi connectivity index (χ2v) is 7.78. The molecule has 1 aliphatic rings. The molecule has 1 unspecified atom stereocenters. The lowest BCUT2D eigenvalue weighted by Gasteiger charge is -2.18. The number of ether oxygens (including phenoxy) is 2. The Morgan fingerprint density at radius 3 is 2.73 bits per heavy atom. The summed E-state index contributed by atoms with van der Waals surface area (Å²) in [4.78, 5) is 29.7. The monoisotopic (exact) mass is 474 g/mol. The molecule has 9 nitrogen and oxygen atoms in total. The number of methoxy groups -OCH3 is 1. The number of nitrogens with one attached hydrogen (secondary N) is 1. The third-order valence-corrected chi connectivity index (χ3v) is 5.62. The first kappa shape index (κ1) is 22.6. The van der Waals surface area contributed by atoms with E-state index in [4.69, 9.17) is 26.8 Å². The molecule has 3 amide bonds. The van der Waals surface area contributed by atoms with Gasteiger partial charge in [0, 0.05) is 30.7 Å². The van der Waals surface area contributed by atoms with Gasteiger partial charge in [-0.1, -0.05) is 11.6 Å². The van der Waals surface area contributed by atoms with Gasteiger partial charge in [-0.2, -0.15) is 0 Å². The molecule has 4 N–H and O–H groups in total. The van der Waals surface area contributed by atoms with Crippen LogP contribution in [0.15, 0.2) is 36.5 Å². The van der Waals surface area contributed by atoms with E-state index in [0.29, 0.717) is 23.9 Å². The number of hydrogen-bond donors (Lipinski definition) is 3. The van der Waals surface area contributed by atoms with Crippen LogP contribution < -0.4 is 20.5 Å². The number of hydrogen-bond acceptors (Lipinski definition) is 6. The topological polar surface area (TPSA) is 127 Å². The predicted octanol–water partition coefficient (Wildman–Crippen LogP) is 3.53. The largest absolute Gasteiger partial charge is 0.496 e. The number of halogens is 2. The number of carbonyl (C=O) groups excluding carboxylic acids is 2. The van der Waals surface area contributed by atoms with Gasteiger partial charge in [0.2, 0.25) is 0 Å². The number of fused-ring (bicyclic) bond motifs is 1. The Hall–Kier alpha value is -3.63. The summed E-state index contributed by atoms with van der Waals surface area (Å²) in [6.45, 7) is 0.585. The Kier molecular flexibility index (Phi) is 6.21. The number of likely N-dealkylation sites (tertiary alicyclic amines) is 1. The van der Waals surface area contributed by atoms with Crippen LogP contribution in [0.1, 0.15) is 16.8 Å². The molecule has 11 heteroatoms. The highest BCUT2D eigenvalue weighted by Crippen LogP contribution is 2.37. The molecular weight excluding hydrogens is 455 g/mol. The molecule has 2 heterocycles. The fourth-order valence-corrected chi connectivity index (χ4v) is 3.75. The first-order chi connectivity index (χ1) is 15.8. The van der Waals surface area contributed by atoms with Gasteiger partial charge < -0.3 is 30.5 Å². The van der Waals surface area contributed by atoms with Crippen LogP contribution in [0.3, 0.4) is 0 Å². The maximum Gasteiger partial charge on any atom is 0.321 e. The number of carbonyl (C=O) groups is 2. The highest BCUT2D eigenvalue weighted by molar-refractivity contribution is 6.34. The number of aliphatic hydroxyl groups excluding tert-OH is 1. The Labute approximate surface area is 192 Å². The first-order valence-electron chi connectivity index (χ1n) is 9.95. The van der Waals surface area contributed by atoms with Crippen LogP contribution in [-0.4, -0.2) is 53.2 Å². The minimum atomic E-state index is -0.885. The van der Waals surface area contributed by atoms with Crippen LogP contribution in [-0.2, 0) is 0 Å². The van der Waals surface area contributed by atoms with E-state index in [1.54, 1.807) is 0 Å². The van der Waals surface area contributed by atoms with Gasteiger partial charge >= 0.3 is 6.03 Å². The smallest absolute Gasteiger partial charge is 0.321 e. The number of β-amino-alcohol motifs (C(OH)–C–C–N with tert-alkyl or cyclic N) is 1. The summed E-state index contributed by atoms with van der Waals surface area (Å²) in [5.74, 6) is -1.33. The quantitative estimate of drug-likeness (QED) is 0.519. The van der Waals surface area contributed by atoms with Crippen molar-refractivity contribution in [3.63, 3.8) is 0 Å². The number of nitrogens with two attached hydrogens (primary N) is 1. The number of aliphatic hydroxyl groups is 1. The zero-order valence-electron chi connectivity index (χ0n) is 17.5. The van der Waals surface area contributed by atoms with E-state index in [0.717, 1.165) is 0 Å². The standard InChI is InChI=1S/C22H20ClFN4O5/c1-32-18-9-15-12(8-13(18)21(25)30)16(4-6-26-15)33-17-3-2-14(19(23)20(17)24)27-22(31)28-7-5-11(29)10-28/h2-4,6,8-9,11,29H,5,7,10H2,1H3,(H2,25,30)(H,27,31). The van der Waals surface area contributed by atoms with Gasteiger partial charge in [0.1, 0.15) is 16.5 Å². The summed E-state index contributed by atoms with van der Waals surface area (Å²) in [6.07, 6.45) is 1.36. The molecule has 0 spiro atoms. The summed E-state index contributed by atoms with van der Waals surface area (Å²) in [7, 11) is 1.40. The van der Waals surface area contributed by atoms with Gasteiger partial charge in [-0.25, -0.2) is 9.18 Å². The molecule has 172 valence electrons. The number of anilines is 1. The summed E-state index contributed by atoms with van der Waals surface area (Å²) < 4.78 is 25.9. The minimum Gasteiger partial charge on any atom is -0.496 e. The van der Waals surface area contributed by atoms with Crippen LogP contribution in [0.2, 0.25) is 5.02 Å². The molecule has 0 bridgehead atoms. The van der Waals surface area contributed by atoms with E-state index in [9.17, 15) is 19.1 Å². The molecule has 1 aliphatic heterocycles. The molecule has 33 heavy (non-hydrogen) atoms. The second kappa shape index (κ2) is 9.08. The summed E-state index contributed by atoms with van der Waals surface area (Å²) in [5, 5.41) is 12.2. The van der Waals surface area contributed by atoms with Crippen LogP contribution >= 0.6 is 11.6 Å². The number of aromatic nitrogens is 1. The van der Waals surface area contributed by atoms with E-state index in [-0.39, 0.29) is 40.1 Å². The number of benzene rings is 2. The van der Waals surface area contributed by atoms with Crippen molar-refractivity contribution in [3.8, 4) is 17.2 Å². The van der Waals surface area contributed by atoms with Crippen molar-refractivity contribution < 1.29 is 28.6 Å². The maximum absolute atomic E-state index is 15.0. The van der Waals surface area contributed by atoms with Crippen LogP contribution in [0.5, 0.6) is 17.2 Å². The molecule has 1 saturated heterocycles. The highest BCUT2D eigenvalue weighted by atomic mass is 35.5. The van der Waals surface area contributed by atoms with E-state index in [2.05, 4.69) is 10.3 Å². The molecule has 1 aromatic heterocycles. The summed E-state index contributed by atoms with van der Waals surface area (Å²) in [6, 6.07) is 6.72. The van der Waals surface area contributed by atoms with E-state index < -0.39 is 23.9 Å². The van der Waals surface area contributed by atoms with Crippen molar-refractivity contribution in [1.82, 2.24) is 9.88 Å². The molecule has 0 saturated carbocycles. The maximum atomic E-state index is 15.0. The Morgan fingerprint density at radius 1 is 1.27 bits per heavy atom. The van der Waals surface area contributed by atoms with Gasteiger partial charge in [0.25, 0.3) is 5.91 Å². The number of urea groups is 1. The van der Waals surface area contributed by atoms with E-state index in [1.807, 2.05) is 0 Å². The van der Waals surface area contributed by atoms with Gasteiger partial charge in [0.15, 0.2) is 11.6 Å². The predicted molar refractivity (Wildman–Crippen MR) is 120 cm³/mol. The fraction of sp³-hybridized carbons (Fsp3) is 0.227. The summed E-state index contributed by atoms with van der Waals surface area (Å²) in [5.41, 5.74) is 6.05. The SMILES string of the molecule is COc1cc2nccc(Oc3ccc(NC(=O)N4CCC(O)C4)c(Cl)c3F)c2cc1C(N)=O. The molecular formula is C22H20ClFN4O5. The van der Waals surface area contributed by atoms with Crippen molar-refractivity contribution in [2.75, 3.05) is 25.5 Å². The van der Waals surface area contributed by atoms with Crippen molar-refractivity contribution in [2.24, 2.45) is 5.73 Å². The third-order valence-electron chi connectivity index (χ3n) is 5.25. The van der Waals surface area contributed by atoms with Crippen LogP contribution in [0.4, 0.5) is 14.9 Å². The van der Waals surface area contributed by atoms with Crippen molar-refractivity contribution in [2.45, 2.75) is 12.5 Å². The lowest BCUT2D eigenvalue weighted by atomic mass is 10.1. The Morgan fingerprint density at radius 2 is 2.06 bits per heavy atom. The molecule has 1 atom stereocenters. The van der Waals surface area contributed by atoms with Gasteiger partial charge in [-0.05, 0) is 30.7 Å². The van der Waals surface area contributed by atoms with Gasteiger partial charge in [-0.15, -0.1) is 0 Å². The van der Waals surface area contributed by atoms with Crippen LogP contribution in [0.25, 0.3) is 10.9 Å². The number of pyridine rings is 1. The minimum absolute atomic E-state index is 0.0632. The molecule has 3 aromatic rings.